The topological polar surface area (TPSA) is 99.9 Å². The summed E-state index contributed by atoms with van der Waals surface area (Å²) >= 11 is 0. The van der Waals surface area contributed by atoms with Gasteiger partial charge in [0.05, 0.1) is 21.3 Å². The molecule has 1 aromatic carbocycles. The van der Waals surface area contributed by atoms with Crippen molar-refractivity contribution in [2.75, 3.05) is 21.3 Å². The van der Waals surface area contributed by atoms with Crippen molar-refractivity contribution in [2.24, 2.45) is 5.73 Å². The Kier molecular flexibility index (Phi) is 7.79. The molecular weight excluding hydrogens is 288 g/mol. The third-order valence-corrected chi connectivity index (χ3v) is 2.81. The summed E-state index contributed by atoms with van der Waals surface area (Å²) in [7, 11) is 4.42. The van der Waals surface area contributed by atoms with Crippen LogP contribution in [0.5, 0.6) is 17.2 Å². The van der Waals surface area contributed by atoms with E-state index in [-0.39, 0.29) is 25.8 Å². The van der Waals surface area contributed by atoms with Crippen molar-refractivity contribution in [3.63, 3.8) is 0 Å². The van der Waals surface area contributed by atoms with Gasteiger partial charge < -0.3 is 25.3 Å². The minimum Gasteiger partial charge on any atom is -0.493 e. The van der Waals surface area contributed by atoms with Crippen LogP contribution in [0.4, 0.5) is 0 Å². The van der Waals surface area contributed by atoms with Crippen LogP contribution in [0.3, 0.4) is 0 Å². The smallest absolute Gasteiger partial charge is 0.251 e. The molecule has 1 aromatic rings. The lowest BCUT2D eigenvalue weighted by molar-refractivity contribution is -0.118. The van der Waals surface area contributed by atoms with E-state index in [0.717, 1.165) is 0 Å². The average Bonchev–Trinajstić information content (AvgIpc) is 2.44. The lowest BCUT2D eigenvalue weighted by atomic mass is 10.1. The number of nitrogens with two attached hydrogens (primary N) is 1. The van der Waals surface area contributed by atoms with Crippen molar-refractivity contribution in [1.82, 2.24) is 5.32 Å². The van der Waals surface area contributed by atoms with Crippen molar-refractivity contribution < 1.29 is 23.8 Å². The van der Waals surface area contributed by atoms with Gasteiger partial charge in [-0.05, 0) is 19.1 Å². The predicted molar refractivity (Wildman–Crippen MR) is 83.6 cm³/mol. The Morgan fingerprint density at radius 3 is 2.00 bits per heavy atom. The molecule has 0 spiro atoms. The molecule has 1 atom stereocenters. The lowest BCUT2D eigenvalue weighted by Crippen LogP contribution is -2.35. The second kappa shape index (κ2) is 8.76. The summed E-state index contributed by atoms with van der Waals surface area (Å²) in [5.74, 6) is 0.325. The number of hydrogen-bond acceptors (Lipinski definition) is 5. The molecule has 7 nitrogen and oxygen atoms in total. The van der Waals surface area contributed by atoms with Gasteiger partial charge in [-0.3, -0.25) is 9.59 Å². The average molecular weight is 312 g/mol. The SMILES string of the molecule is C.COc1cc(C(=O)NC(C)CC(N)=O)cc(OC)c1OC. The summed E-state index contributed by atoms with van der Waals surface area (Å²) in [5, 5.41) is 2.68. The quantitative estimate of drug-likeness (QED) is 0.791. The van der Waals surface area contributed by atoms with Gasteiger partial charge in [-0.2, -0.15) is 0 Å². The van der Waals surface area contributed by atoms with Crippen LogP contribution >= 0.6 is 0 Å². The molecule has 1 unspecified atom stereocenters. The van der Waals surface area contributed by atoms with Crippen molar-refractivity contribution in [3.05, 3.63) is 17.7 Å². The number of methoxy groups -OCH3 is 3. The summed E-state index contributed by atoms with van der Waals surface area (Å²) < 4.78 is 15.5. The van der Waals surface area contributed by atoms with E-state index in [4.69, 9.17) is 19.9 Å². The van der Waals surface area contributed by atoms with Gasteiger partial charge in [-0.25, -0.2) is 0 Å². The molecule has 2 amide bonds. The molecular formula is C15H24N2O5. The monoisotopic (exact) mass is 312 g/mol. The molecule has 0 aliphatic rings. The summed E-state index contributed by atoms with van der Waals surface area (Å²) in [6.45, 7) is 1.70. The Hall–Kier alpha value is -2.44. The normalized spacial score (nSPS) is 10.9. The van der Waals surface area contributed by atoms with E-state index >= 15 is 0 Å². The highest BCUT2D eigenvalue weighted by Gasteiger charge is 2.18. The Balaban J connectivity index is 0.00000441. The molecule has 0 saturated heterocycles. The van der Waals surface area contributed by atoms with Crippen LogP contribution in [0.15, 0.2) is 12.1 Å². The van der Waals surface area contributed by atoms with Gasteiger partial charge in [0.15, 0.2) is 11.5 Å². The summed E-state index contributed by atoms with van der Waals surface area (Å²) in [6.07, 6.45) is 0.0656. The van der Waals surface area contributed by atoms with Gasteiger partial charge in [0, 0.05) is 18.0 Å². The fourth-order valence-corrected chi connectivity index (χ4v) is 1.87. The first-order valence-corrected chi connectivity index (χ1v) is 6.32. The van der Waals surface area contributed by atoms with E-state index in [1.54, 1.807) is 6.92 Å². The minimum atomic E-state index is -0.479. The van der Waals surface area contributed by atoms with Crippen LogP contribution in [-0.4, -0.2) is 39.2 Å². The molecule has 0 fully saturated rings. The zero-order chi connectivity index (χ0) is 16.0. The molecule has 7 heteroatoms. The Morgan fingerprint density at radius 2 is 1.64 bits per heavy atom. The molecule has 124 valence electrons. The van der Waals surface area contributed by atoms with Crippen molar-refractivity contribution >= 4 is 11.8 Å². The molecule has 0 aliphatic heterocycles. The lowest BCUT2D eigenvalue weighted by Gasteiger charge is -2.16. The molecule has 1 rings (SSSR count). The third-order valence-electron chi connectivity index (χ3n) is 2.81. The molecule has 0 radical (unpaired) electrons. The number of amides is 2. The maximum Gasteiger partial charge on any atom is 0.251 e. The molecule has 0 aliphatic carbocycles. The van der Waals surface area contributed by atoms with Crippen molar-refractivity contribution in [1.29, 1.82) is 0 Å². The Labute approximate surface area is 130 Å². The van der Waals surface area contributed by atoms with E-state index in [1.807, 2.05) is 0 Å². The molecule has 0 saturated carbocycles. The van der Waals surface area contributed by atoms with E-state index in [1.165, 1.54) is 33.5 Å². The summed E-state index contributed by atoms with van der Waals surface area (Å²) in [4.78, 5) is 23.0. The molecule has 3 N–H and O–H groups in total. The first-order valence-electron chi connectivity index (χ1n) is 6.32. The van der Waals surface area contributed by atoms with Crippen molar-refractivity contribution in [2.45, 2.75) is 26.8 Å². The fraction of sp³-hybridized carbons (Fsp3) is 0.467. The highest BCUT2D eigenvalue weighted by molar-refractivity contribution is 5.96. The van der Waals surface area contributed by atoms with Crippen LogP contribution in [0.1, 0.15) is 31.1 Å². The van der Waals surface area contributed by atoms with Gasteiger partial charge in [0.1, 0.15) is 0 Å². The van der Waals surface area contributed by atoms with Crippen LogP contribution in [0.25, 0.3) is 0 Å². The van der Waals surface area contributed by atoms with Gasteiger partial charge in [-0.1, -0.05) is 7.43 Å². The number of carbonyl (C=O) groups is 2. The zero-order valence-electron chi connectivity index (χ0n) is 12.6. The maximum absolute atomic E-state index is 12.2. The van der Waals surface area contributed by atoms with E-state index < -0.39 is 5.91 Å². The van der Waals surface area contributed by atoms with Crippen LogP contribution in [-0.2, 0) is 4.79 Å². The van der Waals surface area contributed by atoms with E-state index in [9.17, 15) is 9.59 Å². The molecule has 0 aromatic heterocycles. The maximum atomic E-state index is 12.2. The Bertz CT molecular complexity index is 506. The zero-order valence-corrected chi connectivity index (χ0v) is 12.6. The van der Waals surface area contributed by atoms with Crippen LogP contribution < -0.4 is 25.3 Å². The van der Waals surface area contributed by atoms with Gasteiger partial charge in [-0.15, -0.1) is 0 Å². The van der Waals surface area contributed by atoms with Crippen LogP contribution in [0.2, 0.25) is 0 Å². The fourth-order valence-electron chi connectivity index (χ4n) is 1.87. The largest absolute Gasteiger partial charge is 0.493 e. The molecule has 0 bridgehead atoms. The van der Waals surface area contributed by atoms with Gasteiger partial charge >= 0.3 is 0 Å². The highest BCUT2D eigenvalue weighted by Crippen LogP contribution is 2.38. The van der Waals surface area contributed by atoms with Crippen molar-refractivity contribution in [3.8, 4) is 17.2 Å². The van der Waals surface area contributed by atoms with Crippen LogP contribution in [0, 0.1) is 0 Å². The highest BCUT2D eigenvalue weighted by atomic mass is 16.5. The van der Waals surface area contributed by atoms with Gasteiger partial charge in [0.25, 0.3) is 5.91 Å². The second-order valence-electron chi connectivity index (χ2n) is 4.46. The van der Waals surface area contributed by atoms with E-state index in [0.29, 0.717) is 22.8 Å². The summed E-state index contributed by atoms with van der Waals surface area (Å²) in [5.41, 5.74) is 5.42. The molecule has 0 heterocycles. The molecule has 22 heavy (non-hydrogen) atoms. The first kappa shape index (κ1) is 19.6. The second-order valence-corrected chi connectivity index (χ2v) is 4.46. The Morgan fingerprint density at radius 1 is 1.14 bits per heavy atom. The number of ether oxygens (including phenoxy) is 3. The third kappa shape index (κ3) is 4.83. The number of hydrogen-bond donors (Lipinski definition) is 2. The number of nitrogens with one attached hydrogen (secondary N) is 1. The minimum absolute atomic E-state index is 0. The standard InChI is InChI=1S/C14H20N2O5.CH4/c1-8(5-12(15)17)16-14(18)9-6-10(19-2)13(21-4)11(7-9)20-3;/h6-8H,5H2,1-4H3,(H2,15,17)(H,16,18);1H4. The number of benzene rings is 1. The van der Waals surface area contributed by atoms with E-state index in [2.05, 4.69) is 5.32 Å². The first-order chi connectivity index (χ1) is 9.92. The number of carbonyl (C=O) groups excluding carboxylic acids is 2. The number of rotatable bonds is 7. The van der Waals surface area contributed by atoms with Gasteiger partial charge in [0.2, 0.25) is 11.7 Å². The summed E-state index contributed by atoms with van der Waals surface area (Å²) in [6, 6.07) is 2.70. The number of primary amides is 1. The predicted octanol–water partition coefficient (Wildman–Crippen LogP) is 1.34.